The first-order valence-corrected chi connectivity index (χ1v) is 7.14. The van der Waals surface area contributed by atoms with Crippen LogP contribution in [0, 0.1) is 5.92 Å². The van der Waals surface area contributed by atoms with E-state index in [1.807, 2.05) is 13.8 Å². The van der Waals surface area contributed by atoms with Gasteiger partial charge in [0.25, 0.3) is 0 Å². The van der Waals surface area contributed by atoms with E-state index in [4.69, 9.17) is 14.2 Å². The highest BCUT2D eigenvalue weighted by Gasteiger charge is 2.53. The molecule has 2 unspecified atom stereocenters. The minimum absolute atomic E-state index is 0.211. The molecule has 110 valence electrons. The fourth-order valence-electron chi connectivity index (χ4n) is 2.78. The number of carbonyl (C=O) groups excluding carboxylic acids is 1. The zero-order chi connectivity index (χ0) is 14.0. The monoisotopic (exact) mass is 272 g/mol. The Morgan fingerprint density at radius 3 is 2.74 bits per heavy atom. The van der Waals surface area contributed by atoms with Gasteiger partial charge in [0.15, 0.2) is 11.9 Å². The lowest BCUT2D eigenvalue weighted by Gasteiger charge is -2.30. The maximum atomic E-state index is 11.8. The minimum atomic E-state index is -1.44. The van der Waals surface area contributed by atoms with E-state index in [2.05, 4.69) is 0 Å². The fraction of sp³-hybridized carbons (Fsp3) is 0.929. The van der Waals surface area contributed by atoms with Crippen LogP contribution in [0.3, 0.4) is 0 Å². The van der Waals surface area contributed by atoms with Crippen molar-refractivity contribution in [3.63, 3.8) is 0 Å². The molecule has 0 bridgehead atoms. The standard InChI is InChI=1S/C14H24O5/c1-9(18-12-6-4-5-7-17-12)8-14(16)10(2)11(3)19-13(14)15/h9-12,16H,4-8H2,1-3H3/t9?,10-,11-,12?,14+/m1/s1. The topological polar surface area (TPSA) is 65.0 Å². The van der Waals surface area contributed by atoms with Gasteiger partial charge in [-0.2, -0.15) is 0 Å². The van der Waals surface area contributed by atoms with Gasteiger partial charge >= 0.3 is 5.97 Å². The van der Waals surface area contributed by atoms with Gasteiger partial charge in [-0.05, 0) is 33.1 Å². The Morgan fingerprint density at radius 2 is 2.21 bits per heavy atom. The molecule has 0 aromatic heterocycles. The second-order valence-electron chi connectivity index (χ2n) is 5.77. The largest absolute Gasteiger partial charge is 0.460 e. The van der Waals surface area contributed by atoms with Crippen LogP contribution in [0.4, 0.5) is 0 Å². The van der Waals surface area contributed by atoms with E-state index < -0.39 is 11.6 Å². The van der Waals surface area contributed by atoms with Crippen LogP contribution in [0.2, 0.25) is 0 Å². The van der Waals surface area contributed by atoms with Gasteiger partial charge in [0.2, 0.25) is 0 Å². The lowest BCUT2D eigenvalue weighted by atomic mass is 9.84. The van der Waals surface area contributed by atoms with Crippen molar-refractivity contribution < 1.29 is 24.1 Å². The molecule has 5 nitrogen and oxygen atoms in total. The predicted octanol–water partition coefficient (Wildman–Crippen LogP) is 1.62. The number of aliphatic hydroxyl groups is 1. The van der Waals surface area contributed by atoms with Gasteiger partial charge in [-0.25, -0.2) is 4.79 Å². The molecule has 2 fully saturated rings. The van der Waals surface area contributed by atoms with E-state index in [-0.39, 0.29) is 30.8 Å². The lowest BCUT2D eigenvalue weighted by molar-refractivity contribution is -0.197. The maximum Gasteiger partial charge on any atom is 0.338 e. The molecule has 0 aliphatic carbocycles. The molecular weight excluding hydrogens is 248 g/mol. The molecule has 2 aliphatic heterocycles. The summed E-state index contributed by atoms with van der Waals surface area (Å²) in [6.07, 6.45) is 2.58. The molecule has 19 heavy (non-hydrogen) atoms. The summed E-state index contributed by atoms with van der Waals surface area (Å²) in [6, 6.07) is 0. The van der Waals surface area contributed by atoms with Gasteiger partial charge in [-0.3, -0.25) is 0 Å². The average molecular weight is 272 g/mol. The van der Waals surface area contributed by atoms with Crippen molar-refractivity contribution in [2.45, 2.75) is 70.6 Å². The summed E-state index contributed by atoms with van der Waals surface area (Å²) in [7, 11) is 0. The highest BCUT2D eigenvalue weighted by molar-refractivity contribution is 5.82. The van der Waals surface area contributed by atoms with Crippen LogP contribution < -0.4 is 0 Å². The number of ether oxygens (including phenoxy) is 3. The quantitative estimate of drug-likeness (QED) is 0.788. The zero-order valence-corrected chi connectivity index (χ0v) is 11.9. The van der Waals surface area contributed by atoms with Gasteiger partial charge in [0, 0.05) is 18.9 Å². The average Bonchev–Trinajstić information content (AvgIpc) is 2.55. The molecule has 2 saturated heterocycles. The molecule has 0 spiro atoms. The summed E-state index contributed by atoms with van der Waals surface area (Å²) in [5.74, 6) is -0.758. The second kappa shape index (κ2) is 5.77. The van der Waals surface area contributed by atoms with Gasteiger partial charge < -0.3 is 19.3 Å². The Bertz CT molecular complexity index is 326. The number of carbonyl (C=O) groups is 1. The maximum absolute atomic E-state index is 11.8. The molecule has 2 heterocycles. The summed E-state index contributed by atoms with van der Waals surface area (Å²) < 4.78 is 16.4. The third kappa shape index (κ3) is 3.09. The van der Waals surface area contributed by atoms with Crippen molar-refractivity contribution in [3.8, 4) is 0 Å². The Kier molecular flexibility index (Phi) is 4.48. The summed E-state index contributed by atoms with van der Waals surface area (Å²) in [4.78, 5) is 11.8. The van der Waals surface area contributed by atoms with E-state index >= 15 is 0 Å². The van der Waals surface area contributed by atoms with E-state index in [0.29, 0.717) is 0 Å². The Labute approximate surface area is 114 Å². The molecular formula is C14H24O5. The fourth-order valence-corrected chi connectivity index (χ4v) is 2.78. The molecule has 0 radical (unpaired) electrons. The molecule has 5 heteroatoms. The zero-order valence-electron chi connectivity index (χ0n) is 11.9. The van der Waals surface area contributed by atoms with E-state index in [9.17, 15) is 9.90 Å². The Hall–Kier alpha value is -0.650. The highest BCUT2D eigenvalue weighted by Crippen LogP contribution is 2.36. The van der Waals surface area contributed by atoms with Crippen molar-refractivity contribution in [2.75, 3.05) is 6.61 Å². The van der Waals surface area contributed by atoms with Crippen LogP contribution in [0.1, 0.15) is 46.5 Å². The number of rotatable bonds is 4. The molecule has 0 aromatic carbocycles. The third-order valence-corrected chi connectivity index (χ3v) is 4.22. The van der Waals surface area contributed by atoms with Gasteiger partial charge in [0.1, 0.15) is 6.10 Å². The molecule has 2 aliphatic rings. The SMILES string of the molecule is CC(C[C@@]1(O)C(=O)O[C@H](C)[C@H]1C)OC1CCCCO1. The molecule has 0 saturated carbocycles. The number of esters is 1. The van der Waals surface area contributed by atoms with Crippen molar-refractivity contribution >= 4 is 5.97 Å². The highest BCUT2D eigenvalue weighted by atomic mass is 16.7. The first-order chi connectivity index (χ1) is 8.93. The molecule has 5 atom stereocenters. The van der Waals surface area contributed by atoms with Crippen LogP contribution in [0.15, 0.2) is 0 Å². The van der Waals surface area contributed by atoms with Crippen LogP contribution in [-0.2, 0) is 19.0 Å². The van der Waals surface area contributed by atoms with E-state index in [1.54, 1.807) is 6.92 Å². The smallest absolute Gasteiger partial charge is 0.338 e. The van der Waals surface area contributed by atoms with Gasteiger partial charge in [-0.1, -0.05) is 6.92 Å². The summed E-state index contributed by atoms with van der Waals surface area (Å²) >= 11 is 0. The molecule has 1 N–H and O–H groups in total. The number of hydrogen-bond acceptors (Lipinski definition) is 5. The first kappa shape index (κ1) is 14.8. The normalized spacial score (nSPS) is 41.1. The molecule has 2 rings (SSSR count). The third-order valence-electron chi connectivity index (χ3n) is 4.22. The van der Waals surface area contributed by atoms with Crippen molar-refractivity contribution in [1.29, 1.82) is 0 Å². The van der Waals surface area contributed by atoms with Crippen LogP contribution in [0.5, 0.6) is 0 Å². The molecule has 0 aromatic rings. The van der Waals surface area contributed by atoms with Crippen LogP contribution in [0.25, 0.3) is 0 Å². The van der Waals surface area contributed by atoms with Crippen LogP contribution >= 0.6 is 0 Å². The van der Waals surface area contributed by atoms with Crippen molar-refractivity contribution in [1.82, 2.24) is 0 Å². The Balaban J connectivity index is 1.90. The summed E-state index contributed by atoms with van der Waals surface area (Å²) in [5, 5.41) is 10.5. The van der Waals surface area contributed by atoms with Crippen molar-refractivity contribution in [2.24, 2.45) is 5.92 Å². The lowest BCUT2D eigenvalue weighted by Crippen LogP contribution is -2.44. The van der Waals surface area contributed by atoms with Gasteiger partial charge in [0.05, 0.1) is 6.10 Å². The van der Waals surface area contributed by atoms with E-state index in [1.165, 1.54) is 0 Å². The van der Waals surface area contributed by atoms with E-state index in [0.717, 1.165) is 25.9 Å². The number of cyclic esters (lactones) is 1. The first-order valence-electron chi connectivity index (χ1n) is 7.14. The Morgan fingerprint density at radius 1 is 1.47 bits per heavy atom. The van der Waals surface area contributed by atoms with Crippen LogP contribution in [-0.4, -0.2) is 41.8 Å². The predicted molar refractivity (Wildman–Crippen MR) is 68.4 cm³/mol. The summed E-state index contributed by atoms with van der Waals surface area (Å²) in [6.45, 7) is 6.21. The minimum Gasteiger partial charge on any atom is -0.460 e. The molecule has 0 amide bonds. The second-order valence-corrected chi connectivity index (χ2v) is 5.77. The van der Waals surface area contributed by atoms with Crippen molar-refractivity contribution in [3.05, 3.63) is 0 Å². The number of hydrogen-bond donors (Lipinski definition) is 1. The summed E-state index contributed by atoms with van der Waals surface area (Å²) in [5.41, 5.74) is -1.44. The van der Waals surface area contributed by atoms with Gasteiger partial charge in [-0.15, -0.1) is 0 Å².